The van der Waals surface area contributed by atoms with Gasteiger partial charge in [0, 0.05) is 12.4 Å². The van der Waals surface area contributed by atoms with Crippen LogP contribution in [0.3, 0.4) is 0 Å². The first-order chi connectivity index (χ1) is 7.97. The minimum absolute atomic E-state index is 0.845. The van der Waals surface area contributed by atoms with Crippen LogP contribution in [0.15, 0.2) is 71.8 Å². The number of oxazole rings is 1. The molecule has 1 aromatic heterocycles. The molecule has 80 valence electrons. The maximum atomic E-state index is 5.01. The molecule has 0 amide bonds. The SMILES string of the molecule is C1=CC=CNC=C1.c1ccc2ocnc2c1. The van der Waals surface area contributed by atoms with E-state index >= 15 is 0 Å². The van der Waals surface area contributed by atoms with Crippen LogP contribution in [0.1, 0.15) is 0 Å². The molecule has 2 heterocycles. The summed E-state index contributed by atoms with van der Waals surface area (Å²) in [5.74, 6) is 0. The predicted octanol–water partition coefficient (Wildman–Crippen LogP) is 3.00. The zero-order valence-electron chi connectivity index (χ0n) is 8.71. The molecule has 1 aliphatic rings. The quantitative estimate of drug-likeness (QED) is 0.729. The van der Waals surface area contributed by atoms with Crippen LogP contribution in [-0.4, -0.2) is 4.98 Å². The van der Waals surface area contributed by atoms with Crippen LogP contribution in [0.2, 0.25) is 0 Å². The molecule has 1 aliphatic heterocycles. The summed E-state index contributed by atoms with van der Waals surface area (Å²) < 4.78 is 5.01. The van der Waals surface area contributed by atoms with Crippen LogP contribution in [0.4, 0.5) is 0 Å². The molecular formula is C13H12N2O. The summed E-state index contributed by atoms with van der Waals surface area (Å²) in [7, 11) is 0. The van der Waals surface area contributed by atoms with Crippen LogP contribution >= 0.6 is 0 Å². The van der Waals surface area contributed by atoms with Crippen molar-refractivity contribution >= 4 is 11.1 Å². The van der Waals surface area contributed by atoms with E-state index in [1.165, 1.54) is 6.39 Å². The molecule has 0 atom stereocenters. The maximum absolute atomic E-state index is 5.01. The van der Waals surface area contributed by atoms with E-state index in [1.807, 2.05) is 61.0 Å². The lowest BCUT2D eigenvalue weighted by atomic mass is 10.3. The number of fused-ring (bicyclic) bond motifs is 1. The van der Waals surface area contributed by atoms with E-state index in [0.29, 0.717) is 0 Å². The van der Waals surface area contributed by atoms with Gasteiger partial charge in [0.05, 0.1) is 0 Å². The molecule has 0 bridgehead atoms. The Hall–Kier alpha value is -2.29. The van der Waals surface area contributed by atoms with E-state index in [0.717, 1.165) is 11.1 Å². The fraction of sp³-hybridized carbons (Fsp3) is 0. The molecule has 16 heavy (non-hydrogen) atoms. The number of allylic oxidation sites excluding steroid dienone is 4. The number of benzene rings is 1. The monoisotopic (exact) mass is 212 g/mol. The lowest BCUT2D eigenvalue weighted by Gasteiger charge is -1.79. The molecule has 3 nitrogen and oxygen atoms in total. The second-order valence-corrected chi connectivity index (χ2v) is 3.09. The van der Waals surface area contributed by atoms with Crippen molar-refractivity contribution in [2.75, 3.05) is 0 Å². The zero-order chi connectivity index (χ0) is 11.1. The van der Waals surface area contributed by atoms with Crippen LogP contribution in [-0.2, 0) is 0 Å². The van der Waals surface area contributed by atoms with Gasteiger partial charge in [0.2, 0.25) is 0 Å². The Bertz CT molecular complexity index is 479. The molecule has 0 radical (unpaired) electrons. The van der Waals surface area contributed by atoms with Crippen molar-refractivity contribution in [3.63, 3.8) is 0 Å². The Kier molecular flexibility index (Phi) is 3.55. The van der Waals surface area contributed by atoms with Gasteiger partial charge in [-0.15, -0.1) is 0 Å². The summed E-state index contributed by atoms with van der Waals surface area (Å²) in [6.45, 7) is 0. The number of aromatic nitrogens is 1. The highest BCUT2D eigenvalue weighted by Gasteiger charge is 1.91. The average molecular weight is 212 g/mol. The van der Waals surface area contributed by atoms with Crippen LogP contribution < -0.4 is 5.32 Å². The summed E-state index contributed by atoms with van der Waals surface area (Å²) in [4.78, 5) is 3.95. The van der Waals surface area contributed by atoms with Crippen LogP contribution in [0.25, 0.3) is 11.1 Å². The first kappa shape index (κ1) is 10.2. The standard InChI is InChI=1S/C7H5NO.C6H7N/c1-2-4-7-6(3-1)8-5-9-7;1-2-4-6-7-5-3-1/h1-5H;1-7H. The largest absolute Gasteiger partial charge is 0.443 e. The molecule has 1 N–H and O–H groups in total. The second kappa shape index (κ2) is 5.56. The highest BCUT2D eigenvalue weighted by molar-refractivity contribution is 5.71. The fourth-order valence-electron chi connectivity index (χ4n) is 1.21. The molecule has 0 saturated carbocycles. The zero-order valence-corrected chi connectivity index (χ0v) is 8.71. The highest BCUT2D eigenvalue weighted by Crippen LogP contribution is 2.09. The van der Waals surface area contributed by atoms with Gasteiger partial charge in [-0.05, 0) is 24.3 Å². The van der Waals surface area contributed by atoms with Gasteiger partial charge in [-0.2, -0.15) is 0 Å². The molecule has 0 fully saturated rings. The maximum Gasteiger partial charge on any atom is 0.181 e. The summed E-state index contributed by atoms with van der Waals surface area (Å²) in [6, 6.07) is 7.67. The van der Waals surface area contributed by atoms with Gasteiger partial charge in [0.1, 0.15) is 5.52 Å². The molecule has 0 unspecified atom stereocenters. The third kappa shape index (κ3) is 2.85. The lowest BCUT2D eigenvalue weighted by molar-refractivity contribution is 0.602. The smallest absolute Gasteiger partial charge is 0.181 e. The van der Waals surface area contributed by atoms with Gasteiger partial charge in [-0.3, -0.25) is 0 Å². The molecule has 3 rings (SSSR count). The molecular weight excluding hydrogens is 200 g/mol. The van der Waals surface area contributed by atoms with Gasteiger partial charge in [0.25, 0.3) is 0 Å². The number of para-hydroxylation sites is 2. The van der Waals surface area contributed by atoms with Gasteiger partial charge in [0.15, 0.2) is 12.0 Å². The molecule has 3 heteroatoms. The van der Waals surface area contributed by atoms with Crippen LogP contribution in [0, 0.1) is 0 Å². The van der Waals surface area contributed by atoms with Crippen molar-refractivity contribution in [1.82, 2.24) is 10.3 Å². The summed E-state index contributed by atoms with van der Waals surface area (Å²) in [5.41, 5.74) is 1.76. The van der Waals surface area contributed by atoms with Crippen molar-refractivity contribution in [2.45, 2.75) is 0 Å². The number of nitrogens with zero attached hydrogens (tertiary/aromatic N) is 1. The minimum Gasteiger partial charge on any atom is -0.443 e. The summed E-state index contributed by atoms with van der Waals surface area (Å²) >= 11 is 0. The molecule has 0 aliphatic carbocycles. The predicted molar refractivity (Wildman–Crippen MR) is 64.6 cm³/mol. The van der Waals surface area contributed by atoms with E-state index in [9.17, 15) is 0 Å². The van der Waals surface area contributed by atoms with Crippen molar-refractivity contribution < 1.29 is 4.42 Å². The third-order valence-corrected chi connectivity index (χ3v) is 1.95. The second-order valence-electron chi connectivity index (χ2n) is 3.09. The first-order valence-corrected chi connectivity index (χ1v) is 4.99. The highest BCUT2D eigenvalue weighted by atomic mass is 16.3. The number of hydrogen-bond donors (Lipinski definition) is 1. The van der Waals surface area contributed by atoms with Gasteiger partial charge >= 0.3 is 0 Å². The first-order valence-electron chi connectivity index (χ1n) is 4.99. The summed E-state index contributed by atoms with van der Waals surface area (Å²) in [5, 5.41) is 2.92. The van der Waals surface area contributed by atoms with Crippen molar-refractivity contribution in [3.05, 3.63) is 67.4 Å². The molecule has 0 spiro atoms. The Morgan fingerprint density at radius 3 is 2.44 bits per heavy atom. The Morgan fingerprint density at radius 1 is 0.938 bits per heavy atom. The van der Waals surface area contributed by atoms with Crippen molar-refractivity contribution in [1.29, 1.82) is 0 Å². The Morgan fingerprint density at radius 2 is 1.69 bits per heavy atom. The number of hydrogen-bond acceptors (Lipinski definition) is 3. The Labute approximate surface area is 93.8 Å². The van der Waals surface area contributed by atoms with E-state index in [2.05, 4.69) is 10.3 Å². The summed E-state index contributed by atoms with van der Waals surface area (Å²) in [6.07, 6.45) is 13.0. The normalized spacial score (nSPS) is 12.8. The minimum atomic E-state index is 0.845. The Balaban J connectivity index is 0.000000125. The van der Waals surface area contributed by atoms with E-state index in [1.54, 1.807) is 0 Å². The van der Waals surface area contributed by atoms with Gasteiger partial charge in [-0.1, -0.05) is 24.3 Å². The van der Waals surface area contributed by atoms with E-state index in [4.69, 9.17) is 4.42 Å². The third-order valence-electron chi connectivity index (χ3n) is 1.95. The molecule has 1 aromatic carbocycles. The van der Waals surface area contributed by atoms with Crippen LogP contribution in [0.5, 0.6) is 0 Å². The topological polar surface area (TPSA) is 38.1 Å². The molecule has 2 aromatic rings. The average Bonchev–Trinajstić information content (AvgIpc) is 2.61. The number of nitrogens with one attached hydrogen (secondary N) is 1. The number of rotatable bonds is 0. The lowest BCUT2D eigenvalue weighted by Crippen LogP contribution is -1.87. The van der Waals surface area contributed by atoms with Crippen molar-refractivity contribution in [3.8, 4) is 0 Å². The van der Waals surface area contributed by atoms with Gasteiger partial charge in [-0.25, -0.2) is 4.98 Å². The van der Waals surface area contributed by atoms with E-state index in [-0.39, 0.29) is 0 Å². The fourth-order valence-corrected chi connectivity index (χ4v) is 1.21. The molecule has 0 saturated heterocycles. The van der Waals surface area contributed by atoms with Crippen molar-refractivity contribution in [2.24, 2.45) is 0 Å². The van der Waals surface area contributed by atoms with Gasteiger partial charge < -0.3 is 9.73 Å². The van der Waals surface area contributed by atoms with E-state index < -0.39 is 0 Å².